The Balaban J connectivity index is 2.33. The number of carboxylic acids is 1. The van der Waals surface area contributed by atoms with Crippen molar-refractivity contribution in [3.05, 3.63) is 23.9 Å². The minimum Gasteiger partial charge on any atom is -0.480 e. The Labute approximate surface area is 122 Å². The van der Waals surface area contributed by atoms with Gasteiger partial charge < -0.3 is 10.0 Å². The van der Waals surface area contributed by atoms with E-state index in [9.17, 15) is 14.7 Å². The number of piperidine rings is 1. The zero-order valence-corrected chi connectivity index (χ0v) is 12.4. The number of carbonyl (C=O) groups excluding carboxylic acids is 1. The Morgan fingerprint density at radius 1 is 1.50 bits per heavy atom. The van der Waals surface area contributed by atoms with Crippen LogP contribution in [-0.4, -0.2) is 45.7 Å². The van der Waals surface area contributed by atoms with E-state index in [0.717, 1.165) is 12.8 Å². The van der Waals surface area contributed by atoms with E-state index in [2.05, 4.69) is 4.98 Å². The van der Waals surface area contributed by atoms with Gasteiger partial charge >= 0.3 is 5.97 Å². The predicted octanol–water partition coefficient (Wildman–Crippen LogP) is 2.13. The van der Waals surface area contributed by atoms with Crippen LogP contribution in [0.25, 0.3) is 0 Å². The highest BCUT2D eigenvalue weighted by atomic mass is 32.2. The van der Waals surface area contributed by atoms with E-state index in [1.807, 2.05) is 13.2 Å². The summed E-state index contributed by atoms with van der Waals surface area (Å²) in [5.41, 5.74) is 0.486. The first-order chi connectivity index (χ1) is 9.56. The molecule has 1 saturated heterocycles. The molecule has 1 N–H and O–H groups in total. The zero-order valence-electron chi connectivity index (χ0n) is 11.6. The van der Waals surface area contributed by atoms with E-state index in [0.29, 0.717) is 17.1 Å². The van der Waals surface area contributed by atoms with E-state index in [4.69, 9.17) is 0 Å². The molecule has 0 aromatic carbocycles. The lowest BCUT2D eigenvalue weighted by molar-refractivity contribution is -0.145. The summed E-state index contributed by atoms with van der Waals surface area (Å²) in [6, 6.07) is 2.67. The molecule has 6 heteroatoms. The van der Waals surface area contributed by atoms with Crippen LogP contribution in [0.1, 0.15) is 30.1 Å². The smallest absolute Gasteiger partial charge is 0.326 e. The molecule has 0 spiro atoms. The molecule has 20 heavy (non-hydrogen) atoms. The van der Waals surface area contributed by atoms with E-state index in [1.165, 1.54) is 16.7 Å². The number of hydrogen-bond acceptors (Lipinski definition) is 4. The van der Waals surface area contributed by atoms with Crippen LogP contribution in [0.2, 0.25) is 0 Å². The van der Waals surface area contributed by atoms with Crippen molar-refractivity contribution < 1.29 is 14.7 Å². The summed E-state index contributed by atoms with van der Waals surface area (Å²) in [6.45, 7) is 2.37. The van der Waals surface area contributed by atoms with Crippen LogP contribution in [0.5, 0.6) is 0 Å². The van der Waals surface area contributed by atoms with Crippen LogP contribution in [0, 0.1) is 5.92 Å². The topological polar surface area (TPSA) is 70.5 Å². The van der Waals surface area contributed by atoms with Gasteiger partial charge in [0.25, 0.3) is 5.91 Å². The summed E-state index contributed by atoms with van der Waals surface area (Å²) in [5, 5.41) is 10.0. The van der Waals surface area contributed by atoms with Crippen molar-refractivity contribution in [1.29, 1.82) is 0 Å². The Bertz CT molecular complexity index is 521. The molecule has 0 radical (unpaired) electrons. The van der Waals surface area contributed by atoms with Crippen molar-refractivity contribution in [3.63, 3.8) is 0 Å². The Hall–Kier alpha value is -1.56. The molecule has 0 bridgehead atoms. The molecule has 108 valence electrons. The zero-order chi connectivity index (χ0) is 14.7. The second-order valence-electron chi connectivity index (χ2n) is 4.96. The Morgan fingerprint density at radius 2 is 2.25 bits per heavy atom. The molecule has 1 aromatic heterocycles. The normalized spacial score (nSPS) is 22.6. The quantitative estimate of drug-likeness (QED) is 0.865. The third kappa shape index (κ3) is 2.80. The number of likely N-dealkylation sites (tertiary alicyclic amines) is 1. The summed E-state index contributed by atoms with van der Waals surface area (Å²) in [5.74, 6) is -1.19. The number of carboxylic acid groups (broad SMARTS) is 1. The standard InChI is InChI=1S/C14H18N2O3S/c1-9-5-4-8-16(11(9)14(18)19)13(17)10-6-3-7-15-12(10)20-2/h3,6-7,9,11H,4-5,8H2,1-2H3,(H,18,19). The molecule has 2 atom stereocenters. The Kier molecular flexibility index (Phi) is 4.65. The number of thioether (sulfide) groups is 1. The molecule has 0 aliphatic carbocycles. The minimum absolute atomic E-state index is 0.0281. The molecule has 1 amide bonds. The maximum Gasteiger partial charge on any atom is 0.326 e. The fourth-order valence-corrected chi connectivity index (χ4v) is 3.20. The lowest BCUT2D eigenvalue weighted by Crippen LogP contribution is -2.52. The lowest BCUT2D eigenvalue weighted by atomic mass is 9.90. The lowest BCUT2D eigenvalue weighted by Gasteiger charge is -2.37. The van der Waals surface area contributed by atoms with Gasteiger partial charge in [-0.25, -0.2) is 9.78 Å². The third-order valence-electron chi connectivity index (χ3n) is 3.64. The number of nitrogens with zero attached hydrogens (tertiary/aromatic N) is 2. The molecule has 1 aliphatic rings. The number of amides is 1. The van der Waals surface area contributed by atoms with Gasteiger partial charge in [-0.2, -0.15) is 0 Å². The van der Waals surface area contributed by atoms with Gasteiger partial charge in [0.1, 0.15) is 11.1 Å². The van der Waals surface area contributed by atoms with Gasteiger partial charge in [-0.3, -0.25) is 4.79 Å². The monoisotopic (exact) mass is 294 g/mol. The van der Waals surface area contributed by atoms with Crippen LogP contribution >= 0.6 is 11.8 Å². The number of aromatic nitrogens is 1. The van der Waals surface area contributed by atoms with E-state index < -0.39 is 12.0 Å². The number of hydrogen-bond donors (Lipinski definition) is 1. The van der Waals surface area contributed by atoms with E-state index >= 15 is 0 Å². The van der Waals surface area contributed by atoms with Gasteiger partial charge in [-0.15, -0.1) is 11.8 Å². The van der Waals surface area contributed by atoms with E-state index in [1.54, 1.807) is 18.3 Å². The van der Waals surface area contributed by atoms with Gasteiger partial charge in [0, 0.05) is 12.7 Å². The van der Waals surface area contributed by atoms with Crippen LogP contribution in [0.15, 0.2) is 23.4 Å². The van der Waals surface area contributed by atoms with Gasteiger partial charge in [0.15, 0.2) is 0 Å². The number of pyridine rings is 1. The van der Waals surface area contributed by atoms with E-state index in [-0.39, 0.29) is 11.8 Å². The van der Waals surface area contributed by atoms with Crippen molar-refractivity contribution >= 4 is 23.6 Å². The molecule has 2 rings (SSSR count). The fraction of sp³-hybridized carbons (Fsp3) is 0.500. The minimum atomic E-state index is -0.930. The van der Waals surface area contributed by atoms with Crippen molar-refractivity contribution in [2.45, 2.75) is 30.8 Å². The molecule has 1 fully saturated rings. The highest BCUT2D eigenvalue weighted by Gasteiger charge is 2.37. The molecular formula is C14H18N2O3S. The summed E-state index contributed by atoms with van der Waals surface area (Å²) >= 11 is 1.39. The second kappa shape index (κ2) is 6.26. The molecule has 1 aliphatic heterocycles. The van der Waals surface area contributed by atoms with Crippen molar-refractivity contribution in [2.24, 2.45) is 5.92 Å². The highest BCUT2D eigenvalue weighted by Crippen LogP contribution is 2.27. The van der Waals surface area contributed by atoms with Gasteiger partial charge in [-0.05, 0) is 37.1 Å². The number of carbonyl (C=O) groups is 2. The molecule has 2 unspecified atom stereocenters. The predicted molar refractivity (Wildman–Crippen MR) is 76.9 cm³/mol. The van der Waals surface area contributed by atoms with Gasteiger partial charge in [0.05, 0.1) is 5.56 Å². The average molecular weight is 294 g/mol. The second-order valence-corrected chi connectivity index (χ2v) is 5.76. The van der Waals surface area contributed by atoms with Crippen molar-refractivity contribution in [1.82, 2.24) is 9.88 Å². The number of rotatable bonds is 3. The molecular weight excluding hydrogens is 276 g/mol. The van der Waals surface area contributed by atoms with Crippen LogP contribution in [0.3, 0.4) is 0 Å². The highest BCUT2D eigenvalue weighted by molar-refractivity contribution is 7.98. The first-order valence-electron chi connectivity index (χ1n) is 6.59. The first-order valence-corrected chi connectivity index (χ1v) is 7.81. The molecule has 5 nitrogen and oxygen atoms in total. The Morgan fingerprint density at radius 3 is 2.90 bits per heavy atom. The van der Waals surface area contributed by atoms with Crippen LogP contribution < -0.4 is 0 Å². The maximum absolute atomic E-state index is 12.6. The van der Waals surface area contributed by atoms with Crippen molar-refractivity contribution in [2.75, 3.05) is 12.8 Å². The maximum atomic E-state index is 12.6. The molecule has 2 heterocycles. The van der Waals surface area contributed by atoms with Crippen molar-refractivity contribution in [3.8, 4) is 0 Å². The fourth-order valence-electron chi connectivity index (χ4n) is 2.66. The van der Waals surface area contributed by atoms with Crippen LogP contribution in [-0.2, 0) is 4.79 Å². The number of aliphatic carboxylic acids is 1. The first kappa shape index (κ1) is 14.8. The summed E-state index contributed by atoms with van der Waals surface area (Å²) in [6.07, 6.45) is 5.16. The molecule has 1 aromatic rings. The van der Waals surface area contributed by atoms with Gasteiger partial charge in [0.2, 0.25) is 0 Å². The summed E-state index contributed by atoms with van der Waals surface area (Å²) < 4.78 is 0. The summed E-state index contributed by atoms with van der Waals surface area (Å²) in [4.78, 5) is 29.7. The van der Waals surface area contributed by atoms with Crippen LogP contribution in [0.4, 0.5) is 0 Å². The molecule has 0 saturated carbocycles. The third-order valence-corrected chi connectivity index (χ3v) is 4.35. The average Bonchev–Trinajstić information content (AvgIpc) is 2.45. The summed E-state index contributed by atoms with van der Waals surface area (Å²) in [7, 11) is 0. The SMILES string of the molecule is CSc1ncccc1C(=O)N1CCCC(C)C1C(=O)O. The van der Waals surface area contributed by atoms with Gasteiger partial charge in [-0.1, -0.05) is 6.92 Å². The largest absolute Gasteiger partial charge is 0.480 e.